The first-order valence-corrected chi connectivity index (χ1v) is 11.4. The number of pyridine rings is 2. The third kappa shape index (κ3) is 6.02. The summed E-state index contributed by atoms with van der Waals surface area (Å²) in [4.78, 5) is 22.1. The van der Waals surface area contributed by atoms with Crippen molar-refractivity contribution < 1.29 is 4.79 Å². The summed E-state index contributed by atoms with van der Waals surface area (Å²) in [5, 5.41) is 2.96. The fourth-order valence-electron chi connectivity index (χ4n) is 3.67. The van der Waals surface area contributed by atoms with E-state index in [1.807, 2.05) is 30.4 Å². The van der Waals surface area contributed by atoms with Gasteiger partial charge in [0, 0.05) is 30.1 Å². The summed E-state index contributed by atoms with van der Waals surface area (Å²) in [6.45, 7) is 9.13. The lowest BCUT2D eigenvalue weighted by molar-refractivity contribution is -0.115. The highest BCUT2D eigenvalue weighted by atomic mass is 16.1. The molecule has 0 spiro atoms. The highest BCUT2D eigenvalue weighted by Gasteiger charge is 2.15. The summed E-state index contributed by atoms with van der Waals surface area (Å²) in [5.41, 5.74) is 12.9. The van der Waals surface area contributed by atoms with E-state index in [9.17, 15) is 4.79 Å². The molecule has 0 aliphatic rings. The third-order valence-corrected chi connectivity index (χ3v) is 5.47. The van der Waals surface area contributed by atoms with Gasteiger partial charge >= 0.3 is 0 Å². The Morgan fingerprint density at radius 1 is 1.12 bits per heavy atom. The number of unbranched alkanes of at least 4 members (excludes halogenated alkanes) is 1. The van der Waals surface area contributed by atoms with Crippen LogP contribution in [0.5, 0.6) is 0 Å². The van der Waals surface area contributed by atoms with E-state index < -0.39 is 0 Å². The van der Waals surface area contributed by atoms with Crippen LogP contribution in [0.25, 0.3) is 34.0 Å². The van der Waals surface area contributed by atoms with Gasteiger partial charge in [-0.25, -0.2) is 0 Å². The molecule has 2 heterocycles. The summed E-state index contributed by atoms with van der Waals surface area (Å²) in [6.07, 6.45) is 9.87. The van der Waals surface area contributed by atoms with Crippen LogP contribution in [-0.2, 0) is 4.79 Å². The Morgan fingerprint density at radius 2 is 1.97 bits per heavy atom. The maximum absolute atomic E-state index is 12.9. The zero-order chi connectivity index (χ0) is 23.6. The number of hydrogen-bond acceptors (Lipinski definition) is 4. The van der Waals surface area contributed by atoms with Crippen LogP contribution in [0.4, 0.5) is 0 Å². The van der Waals surface area contributed by atoms with Gasteiger partial charge in [0.25, 0.3) is 5.91 Å². The standard InChI is InChI=1S/C28H32N4O/c1-4-6-9-25(28(33)32-16-8-14-29)26-19-22(13-17-30-26)24-10-7-15-31-27(24)23-12-11-21(5-2)20(3)18-23/h5,7,9-13,15,17-19H,2,4,6,8,14,16,29H2,1,3H3,(H,32,33)/b25-9+. The Bertz CT molecular complexity index is 1150. The van der Waals surface area contributed by atoms with Crippen LogP contribution in [0.3, 0.4) is 0 Å². The Hall–Kier alpha value is -3.57. The predicted molar refractivity (Wildman–Crippen MR) is 137 cm³/mol. The lowest BCUT2D eigenvalue weighted by Crippen LogP contribution is -2.27. The molecule has 0 saturated heterocycles. The molecule has 1 aromatic carbocycles. The molecular formula is C28H32N4O. The van der Waals surface area contributed by atoms with Gasteiger partial charge in [-0.1, -0.05) is 50.3 Å². The monoisotopic (exact) mass is 440 g/mol. The number of benzene rings is 1. The molecule has 5 nitrogen and oxygen atoms in total. The number of amides is 1. The van der Waals surface area contributed by atoms with Gasteiger partial charge in [-0.2, -0.15) is 0 Å². The summed E-state index contributed by atoms with van der Waals surface area (Å²) in [6, 6.07) is 14.2. The van der Waals surface area contributed by atoms with E-state index in [2.05, 4.69) is 60.0 Å². The number of aryl methyl sites for hydroxylation is 1. The maximum atomic E-state index is 12.9. The summed E-state index contributed by atoms with van der Waals surface area (Å²) < 4.78 is 0. The molecule has 0 unspecified atom stereocenters. The lowest BCUT2D eigenvalue weighted by Gasteiger charge is -2.13. The SMILES string of the molecule is C=Cc1ccc(-c2ncccc2-c2ccnc(/C(=C\CCC)C(=O)NCCCN)c2)cc1C. The van der Waals surface area contributed by atoms with Crippen LogP contribution < -0.4 is 11.1 Å². The topological polar surface area (TPSA) is 80.9 Å². The second kappa shape index (κ2) is 11.9. The molecule has 3 rings (SSSR count). The summed E-state index contributed by atoms with van der Waals surface area (Å²) in [5.74, 6) is -0.122. The van der Waals surface area contributed by atoms with Gasteiger partial charge in [0.2, 0.25) is 0 Å². The first-order valence-electron chi connectivity index (χ1n) is 11.4. The molecular weight excluding hydrogens is 408 g/mol. The minimum Gasteiger partial charge on any atom is -0.352 e. The van der Waals surface area contributed by atoms with Gasteiger partial charge in [0.05, 0.1) is 17.0 Å². The first-order chi connectivity index (χ1) is 16.1. The Morgan fingerprint density at radius 3 is 2.70 bits per heavy atom. The predicted octanol–water partition coefficient (Wildman–Crippen LogP) is 5.41. The molecule has 0 bridgehead atoms. The fourth-order valence-corrected chi connectivity index (χ4v) is 3.67. The molecule has 1 amide bonds. The zero-order valence-corrected chi connectivity index (χ0v) is 19.5. The average molecular weight is 441 g/mol. The number of nitrogens with one attached hydrogen (secondary N) is 1. The molecule has 33 heavy (non-hydrogen) atoms. The van der Waals surface area contributed by atoms with E-state index in [-0.39, 0.29) is 5.91 Å². The molecule has 3 N–H and O–H groups in total. The fraction of sp³-hybridized carbons (Fsp3) is 0.250. The van der Waals surface area contributed by atoms with Gasteiger partial charge < -0.3 is 11.1 Å². The van der Waals surface area contributed by atoms with Crippen molar-refractivity contribution in [3.8, 4) is 22.4 Å². The zero-order valence-electron chi connectivity index (χ0n) is 19.5. The van der Waals surface area contributed by atoms with Crippen LogP contribution in [0.1, 0.15) is 43.0 Å². The number of carbonyl (C=O) groups is 1. The van der Waals surface area contributed by atoms with Crippen molar-refractivity contribution >= 4 is 17.6 Å². The van der Waals surface area contributed by atoms with Crippen molar-refractivity contribution in [1.82, 2.24) is 15.3 Å². The van der Waals surface area contributed by atoms with E-state index in [0.717, 1.165) is 52.8 Å². The summed E-state index contributed by atoms with van der Waals surface area (Å²) >= 11 is 0. The molecule has 5 heteroatoms. The number of hydrogen-bond donors (Lipinski definition) is 2. The highest BCUT2D eigenvalue weighted by Crippen LogP contribution is 2.32. The van der Waals surface area contributed by atoms with E-state index >= 15 is 0 Å². The second-order valence-corrected chi connectivity index (χ2v) is 7.91. The lowest BCUT2D eigenvalue weighted by atomic mass is 9.96. The molecule has 3 aromatic rings. The van der Waals surface area contributed by atoms with Gasteiger partial charge in [-0.3, -0.25) is 14.8 Å². The average Bonchev–Trinajstić information content (AvgIpc) is 2.84. The summed E-state index contributed by atoms with van der Waals surface area (Å²) in [7, 11) is 0. The van der Waals surface area contributed by atoms with E-state index in [0.29, 0.717) is 24.4 Å². The molecule has 0 aliphatic carbocycles. The van der Waals surface area contributed by atoms with Crippen molar-refractivity contribution in [2.24, 2.45) is 5.73 Å². The highest BCUT2D eigenvalue weighted by molar-refractivity contribution is 6.19. The minimum atomic E-state index is -0.122. The molecule has 0 atom stereocenters. The first kappa shape index (κ1) is 24.1. The largest absolute Gasteiger partial charge is 0.352 e. The Kier molecular flexibility index (Phi) is 8.67. The third-order valence-electron chi connectivity index (χ3n) is 5.47. The van der Waals surface area contributed by atoms with Crippen molar-refractivity contribution in [2.45, 2.75) is 33.1 Å². The van der Waals surface area contributed by atoms with Gasteiger partial charge in [0.1, 0.15) is 0 Å². The van der Waals surface area contributed by atoms with Gasteiger partial charge in [-0.05, 0) is 67.3 Å². The van der Waals surface area contributed by atoms with Crippen molar-refractivity contribution in [2.75, 3.05) is 13.1 Å². The minimum absolute atomic E-state index is 0.122. The van der Waals surface area contributed by atoms with E-state index in [1.165, 1.54) is 0 Å². The van der Waals surface area contributed by atoms with Crippen LogP contribution in [0.2, 0.25) is 0 Å². The van der Waals surface area contributed by atoms with Crippen molar-refractivity contribution in [3.05, 3.63) is 84.3 Å². The van der Waals surface area contributed by atoms with E-state index in [4.69, 9.17) is 5.73 Å². The number of nitrogens with two attached hydrogens (primary N) is 1. The smallest absolute Gasteiger partial charge is 0.253 e. The Labute approximate surface area is 196 Å². The number of nitrogens with zero attached hydrogens (tertiary/aromatic N) is 2. The second-order valence-electron chi connectivity index (χ2n) is 7.91. The van der Waals surface area contributed by atoms with Crippen LogP contribution in [0, 0.1) is 6.92 Å². The van der Waals surface area contributed by atoms with Crippen molar-refractivity contribution in [1.29, 1.82) is 0 Å². The van der Waals surface area contributed by atoms with Gasteiger partial charge in [-0.15, -0.1) is 0 Å². The van der Waals surface area contributed by atoms with Crippen molar-refractivity contribution in [3.63, 3.8) is 0 Å². The van der Waals surface area contributed by atoms with Crippen LogP contribution in [0.15, 0.2) is 67.5 Å². The number of allylic oxidation sites excluding steroid dienone is 1. The molecule has 170 valence electrons. The Balaban J connectivity index is 2.02. The maximum Gasteiger partial charge on any atom is 0.253 e. The normalized spacial score (nSPS) is 11.3. The molecule has 0 saturated carbocycles. The molecule has 0 fully saturated rings. The van der Waals surface area contributed by atoms with Gasteiger partial charge in [0.15, 0.2) is 0 Å². The molecule has 0 aliphatic heterocycles. The van der Waals surface area contributed by atoms with E-state index in [1.54, 1.807) is 12.4 Å². The number of rotatable bonds is 10. The molecule has 0 radical (unpaired) electrons. The molecule has 2 aromatic heterocycles. The number of carbonyl (C=O) groups excluding carboxylic acids is 1. The quantitative estimate of drug-likeness (QED) is 0.326. The van der Waals surface area contributed by atoms with Crippen LogP contribution >= 0.6 is 0 Å². The van der Waals surface area contributed by atoms with Crippen LogP contribution in [-0.4, -0.2) is 29.0 Å². The number of aromatic nitrogens is 2.